The molecule has 0 amide bonds. The van der Waals surface area contributed by atoms with Gasteiger partial charge in [-0.05, 0) is 60.4 Å². The highest BCUT2D eigenvalue weighted by Gasteiger charge is 2.45. The van der Waals surface area contributed by atoms with E-state index in [-0.39, 0.29) is 22.5 Å². The molecule has 0 saturated carbocycles. The number of carbonyl (C=O) groups is 1. The third-order valence-corrected chi connectivity index (χ3v) is 8.02. The van der Waals surface area contributed by atoms with Crippen molar-refractivity contribution >= 4 is 27.6 Å². The smallest absolute Gasteiger partial charge is 0.333 e. The number of hydrogen-bond acceptors (Lipinski definition) is 3. The second kappa shape index (κ2) is 9.09. The number of aryl methyl sites for hydroxylation is 1. The minimum Gasteiger partial charge on any atom is -0.478 e. The Morgan fingerprint density at radius 3 is 2.36 bits per heavy atom. The molecule has 2 atom stereocenters. The summed E-state index contributed by atoms with van der Waals surface area (Å²) in [6, 6.07) is 16.7. The van der Waals surface area contributed by atoms with Gasteiger partial charge in [0.15, 0.2) is 0 Å². The number of nitrogens with zero attached hydrogens (tertiary/aromatic N) is 1. The van der Waals surface area contributed by atoms with E-state index in [0.29, 0.717) is 16.1 Å². The second-order valence-electron chi connectivity index (χ2n) is 7.83. The molecule has 0 aromatic heterocycles. The van der Waals surface area contributed by atoms with Gasteiger partial charge in [0.05, 0.1) is 22.6 Å². The molecule has 1 aliphatic heterocycles. The molecule has 0 aliphatic carbocycles. The lowest BCUT2D eigenvalue weighted by Crippen LogP contribution is -2.42. The number of halogens is 2. The largest absolute Gasteiger partial charge is 0.478 e. The Kier molecular flexibility index (Phi) is 6.38. The lowest BCUT2D eigenvalue weighted by molar-refractivity contribution is -0.133. The van der Waals surface area contributed by atoms with Gasteiger partial charge in [-0.1, -0.05) is 60.1 Å². The summed E-state index contributed by atoms with van der Waals surface area (Å²) in [5.41, 5.74) is 1.29. The maximum absolute atomic E-state index is 14.2. The molecule has 1 unspecified atom stereocenters. The van der Waals surface area contributed by atoms with E-state index < -0.39 is 33.9 Å². The zero-order valence-corrected chi connectivity index (χ0v) is 19.2. The van der Waals surface area contributed by atoms with Crippen molar-refractivity contribution in [3.63, 3.8) is 0 Å². The molecule has 4 rings (SSSR count). The second-order valence-corrected chi connectivity index (χ2v) is 10.1. The summed E-state index contributed by atoms with van der Waals surface area (Å²) in [6.45, 7) is 1.68. The molecule has 5 nitrogen and oxygen atoms in total. The third kappa shape index (κ3) is 4.44. The average Bonchev–Trinajstić information content (AvgIpc) is 2.78. The molecule has 1 aliphatic rings. The number of benzene rings is 3. The van der Waals surface area contributed by atoms with Crippen LogP contribution in [0.25, 0.3) is 0 Å². The quantitative estimate of drug-likeness (QED) is 0.505. The molecule has 170 valence electrons. The first kappa shape index (κ1) is 23.2. The minimum absolute atomic E-state index is 0.0667. The Morgan fingerprint density at radius 2 is 1.73 bits per heavy atom. The average molecular weight is 486 g/mol. The van der Waals surface area contributed by atoms with Crippen molar-refractivity contribution in [2.24, 2.45) is 0 Å². The first-order valence-electron chi connectivity index (χ1n) is 10.2. The molecule has 0 bridgehead atoms. The van der Waals surface area contributed by atoms with Crippen LogP contribution in [0.2, 0.25) is 5.02 Å². The van der Waals surface area contributed by atoms with E-state index >= 15 is 0 Å². The van der Waals surface area contributed by atoms with E-state index in [1.54, 1.807) is 49.4 Å². The maximum Gasteiger partial charge on any atom is 0.333 e. The van der Waals surface area contributed by atoms with Gasteiger partial charge in [0.1, 0.15) is 5.82 Å². The maximum atomic E-state index is 14.2. The normalized spacial score (nSPS) is 19.2. The number of carboxylic acid groups (broad SMARTS) is 1. The molecule has 1 heterocycles. The van der Waals surface area contributed by atoms with Crippen LogP contribution >= 0.6 is 11.6 Å². The Bertz CT molecular complexity index is 1340. The van der Waals surface area contributed by atoms with Gasteiger partial charge in [-0.2, -0.15) is 4.31 Å². The molecule has 0 radical (unpaired) electrons. The molecule has 3 aromatic rings. The van der Waals surface area contributed by atoms with E-state index in [1.807, 2.05) is 0 Å². The van der Waals surface area contributed by atoms with Gasteiger partial charge < -0.3 is 5.11 Å². The zero-order valence-electron chi connectivity index (χ0n) is 17.7. The van der Waals surface area contributed by atoms with Crippen LogP contribution in [0.3, 0.4) is 0 Å². The van der Waals surface area contributed by atoms with E-state index in [2.05, 4.69) is 0 Å². The van der Waals surface area contributed by atoms with Crippen LogP contribution in [-0.4, -0.2) is 23.8 Å². The molecule has 33 heavy (non-hydrogen) atoms. The molecular formula is C25H21ClFNO4S. The van der Waals surface area contributed by atoms with Crippen molar-refractivity contribution < 1.29 is 22.7 Å². The highest BCUT2D eigenvalue weighted by Crippen LogP contribution is 2.46. The van der Waals surface area contributed by atoms with Crippen molar-refractivity contribution in [3.05, 3.63) is 112 Å². The van der Waals surface area contributed by atoms with Crippen molar-refractivity contribution in [2.75, 3.05) is 0 Å². The standard InChI is InChI=1S/C25H21ClFNO4S/c1-16-5-2-3-8-23(16)33(31,32)28-22(17-9-11-19(26)12-10-17)14-13-21(25(29)30)24(28)18-6-4-7-20(27)15-18/h2-13,15,22,24H,14H2,1H3,(H,29,30)/t22?,24-/m0/s1. The highest BCUT2D eigenvalue weighted by atomic mass is 35.5. The summed E-state index contributed by atoms with van der Waals surface area (Å²) in [6.07, 6.45) is 1.65. The molecule has 8 heteroatoms. The summed E-state index contributed by atoms with van der Waals surface area (Å²) in [5.74, 6) is -1.84. The van der Waals surface area contributed by atoms with Gasteiger partial charge in [-0.3, -0.25) is 0 Å². The summed E-state index contributed by atoms with van der Waals surface area (Å²) >= 11 is 6.04. The zero-order chi connectivity index (χ0) is 23.8. The SMILES string of the molecule is Cc1ccccc1S(=O)(=O)N1C(c2ccc(Cl)cc2)CC=C(C(=O)O)[C@@H]1c1cccc(F)c1. The van der Waals surface area contributed by atoms with Crippen LogP contribution in [0.1, 0.15) is 35.2 Å². The van der Waals surface area contributed by atoms with Crippen molar-refractivity contribution in [2.45, 2.75) is 30.3 Å². The fourth-order valence-corrected chi connectivity index (χ4v) is 6.35. The Hall–Kier alpha value is -3.00. The van der Waals surface area contributed by atoms with E-state index in [0.717, 1.165) is 0 Å². The summed E-state index contributed by atoms with van der Waals surface area (Å²) in [5, 5.41) is 10.4. The molecular weight excluding hydrogens is 465 g/mol. The fraction of sp³-hybridized carbons (Fsp3) is 0.160. The first-order chi connectivity index (χ1) is 15.7. The van der Waals surface area contributed by atoms with Crippen LogP contribution in [0, 0.1) is 12.7 Å². The van der Waals surface area contributed by atoms with Crippen LogP contribution in [0.4, 0.5) is 4.39 Å². The van der Waals surface area contributed by atoms with E-state index in [4.69, 9.17) is 11.6 Å². The Labute approximate surface area is 196 Å². The monoisotopic (exact) mass is 485 g/mol. The van der Waals surface area contributed by atoms with Gasteiger partial charge >= 0.3 is 5.97 Å². The Balaban J connectivity index is 2.00. The lowest BCUT2D eigenvalue weighted by atomic mass is 9.89. The number of carboxylic acids is 1. The molecule has 0 saturated heterocycles. The lowest BCUT2D eigenvalue weighted by Gasteiger charge is -2.41. The van der Waals surface area contributed by atoms with Crippen molar-refractivity contribution in [3.8, 4) is 0 Å². The summed E-state index contributed by atoms with van der Waals surface area (Å²) in [4.78, 5) is 12.3. The Morgan fingerprint density at radius 1 is 1.03 bits per heavy atom. The number of sulfonamides is 1. The number of hydrogen-bond donors (Lipinski definition) is 1. The van der Waals surface area contributed by atoms with Crippen LogP contribution in [0.15, 0.2) is 89.3 Å². The molecule has 0 fully saturated rings. The molecule has 0 spiro atoms. The van der Waals surface area contributed by atoms with Gasteiger partial charge in [-0.15, -0.1) is 0 Å². The first-order valence-corrected chi connectivity index (χ1v) is 12.1. The van der Waals surface area contributed by atoms with E-state index in [1.165, 1.54) is 40.7 Å². The summed E-state index contributed by atoms with van der Waals surface area (Å²) in [7, 11) is -4.20. The number of rotatable bonds is 5. The van der Waals surface area contributed by atoms with Crippen LogP contribution < -0.4 is 0 Å². The molecule has 1 N–H and O–H groups in total. The van der Waals surface area contributed by atoms with E-state index in [9.17, 15) is 22.7 Å². The van der Waals surface area contributed by atoms with Crippen molar-refractivity contribution in [1.82, 2.24) is 4.31 Å². The van der Waals surface area contributed by atoms with Gasteiger partial charge in [0.25, 0.3) is 0 Å². The topological polar surface area (TPSA) is 74.7 Å². The van der Waals surface area contributed by atoms with Gasteiger partial charge in [0, 0.05) is 5.02 Å². The summed E-state index contributed by atoms with van der Waals surface area (Å²) < 4.78 is 43.5. The van der Waals surface area contributed by atoms with Crippen LogP contribution in [-0.2, 0) is 14.8 Å². The predicted molar refractivity (Wildman–Crippen MR) is 124 cm³/mol. The third-order valence-electron chi connectivity index (χ3n) is 5.73. The fourth-order valence-electron chi connectivity index (χ4n) is 4.21. The van der Waals surface area contributed by atoms with Crippen LogP contribution in [0.5, 0.6) is 0 Å². The minimum atomic E-state index is -4.20. The van der Waals surface area contributed by atoms with Gasteiger partial charge in [0.2, 0.25) is 10.0 Å². The highest BCUT2D eigenvalue weighted by molar-refractivity contribution is 7.89. The number of aliphatic carboxylic acids is 1. The van der Waals surface area contributed by atoms with Crippen molar-refractivity contribution in [1.29, 1.82) is 0 Å². The molecule has 3 aromatic carbocycles. The predicted octanol–water partition coefficient (Wildman–Crippen LogP) is 5.68. The van der Waals surface area contributed by atoms with Gasteiger partial charge in [-0.25, -0.2) is 17.6 Å².